The van der Waals surface area contributed by atoms with Crippen molar-refractivity contribution in [1.29, 1.82) is 0 Å². The third-order valence-electron chi connectivity index (χ3n) is 3.93. The summed E-state index contributed by atoms with van der Waals surface area (Å²) in [6.07, 6.45) is 0.142. The summed E-state index contributed by atoms with van der Waals surface area (Å²) in [5, 5.41) is 0.346. The van der Waals surface area contributed by atoms with Crippen LogP contribution in [0.3, 0.4) is 0 Å². The number of hydrazine groups is 1. The first-order chi connectivity index (χ1) is 13.4. The molecule has 2 amide bonds. The fourth-order valence-electron chi connectivity index (χ4n) is 2.44. The number of amides is 2. The number of nitrogens with one attached hydrogen (secondary N) is 2. The average Bonchev–Trinajstić information content (AvgIpc) is 2.71. The monoisotopic (exact) mass is 404 g/mol. The summed E-state index contributed by atoms with van der Waals surface area (Å²) in [5.41, 5.74) is 5.56. The fraction of sp³-hybridized carbons (Fsp3) is 0.250. The lowest BCUT2D eigenvalue weighted by molar-refractivity contribution is -0.149. The van der Waals surface area contributed by atoms with Crippen molar-refractivity contribution < 1.29 is 23.9 Å². The summed E-state index contributed by atoms with van der Waals surface area (Å²) in [6.45, 7) is 1.39. The molecule has 0 bridgehead atoms. The van der Waals surface area contributed by atoms with Crippen molar-refractivity contribution in [1.82, 2.24) is 10.9 Å². The second kappa shape index (κ2) is 10.3. The molecule has 0 spiro atoms. The Hall–Kier alpha value is -3.06. The number of halogens is 1. The second-order valence-corrected chi connectivity index (χ2v) is 6.46. The molecular formula is C20H21ClN2O5. The van der Waals surface area contributed by atoms with Crippen LogP contribution in [0.1, 0.15) is 35.2 Å². The van der Waals surface area contributed by atoms with E-state index in [1.165, 1.54) is 19.2 Å². The topological polar surface area (TPSA) is 93.7 Å². The van der Waals surface area contributed by atoms with Gasteiger partial charge in [-0.3, -0.25) is 25.2 Å². The highest BCUT2D eigenvalue weighted by atomic mass is 35.5. The zero-order valence-electron chi connectivity index (χ0n) is 15.5. The number of esters is 1. The Labute approximate surface area is 167 Å². The van der Waals surface area contributed by atoms with Crippen molar-refractivity contribution >= 4 is 29.4 Å². The Morgan fingerprint density at radius 3 is 2.46 bits per heavy atom. The molecule has 0 aliphatic rings. The van der Waals surface area contributed by atoms with Gasteiger partial charge in [-0.25, -0.2) is 0 Å². The first-order valence-electron chi connectivity index (χ1n) is 8.54. The maximum absolute atomic E-state index is 12.1. The number of rotatable bonds is 7. The molecule has 2 aromatic rings. The van der Waals surface area contributed by atoms with E-state index in [0.717, 1.165) is 5.56 Å². The molecule has 0 saturated carbocycles. The predicted molar refractivity (Wildman–Crippen MR) is 104 cm³/mol. The molecule has 0 saturated heterocycles. The van der Waals surface area contributed by atoms with Crippen LogP contribution in [-0.2, 0) is 14.3 Å². The number of carbonyl (C=O) groups is 3. The van der Waals surface area contributed by atoms with E-state index in [1.54, 1.807) is 6.07 Å². The lowest BCUT2D eigenvalue weighted by Crippen LogP contribution is -2.43. The zero-order chi connectivity index (χ0) is 20.5. The van der Waals surface area contributed by atoms with E-state index in [1.807, 2.05) is 37.3 Å². The van der Waals surface area contributed by atoms with Gasteiger partial charge in [0.2, 0.25) is 0 Å². The van der Waals surface area contributed by atoms with E-state index < -0.39 is 24.4 Å². The molecular weight excluding hydrogens is 384 g/mol. The van der Waals surface area contributed by atoms with Gasteiger partial charge in [-0.15, -0.1) is 0 Å². The third-order valence-corrected chi connectivity index (χ3v) is 4.16. The van der Waals surface area contributed by atoms with Crippen molar-refractivity contribution in [3.8, 4) is 5.75 Å². The molecule has 0 radical (unpaired) electrons. The van der Waals surface area contributed by atoms with Crippen LogP contribution in [0, 0.1) is 0 Å². The number of hydrogen-bond donors (Lipinski definition) is 2. The smallest absolute Gasteiger partial charge is 0.306 e. The number of hydrogen-bond acceptors (Lipinski definition) is 5. The molecule has 148 valence electrons. The van der Waals surface area contributed by atoms with Gasteiger partial charge < -0.3 is 9.47 Å². The van der Waals surface area contributed by atoms with Crippen LogP contribution in [0.25, 0.3) is 0 Å². The number of ether oxygens (including phenoxy) is 2. The number of carbonyl (C=O) groups excluding carboxylic acids is 3. The molecule has 28 heavy (non-hydrogen) atoms. The largest absolute Gasteiger partial charge is 0.496 e. The first-order valence-corrected chi connectivity index (χ1v) is 8.91. The van der Waals surface area contributed by atoms with Crippen LogP contribution in [0.4, 0.5) is 0 Å². The van der Waals surface area contributed by atoms with Gasteiger partial charge in [0.25, 0.3) is 11.8 Å². The van der Waals surface area contributed by atoms with Gasteiger partial charge >= 0.3 is 5.97 Å². The fourth-order valence-corrected chi connectivity index (χ4v) is 2.61. The Balaban J connectivity index is 1.77. The van der Waals surface area contributed by atoms with Crippen molar-refractivity contribution in [3.05, 3.63) is 64.7 Å². The quantitative estimate of drug-likeness (QED) is 0.546. The molecule has 0 fully saturated rings. The standard InChI is InChI=1S/C20H21ClN2O5/c1-13(14-6-4-3-5-7-14)10-19(25)28-12-18(24)22-23-20(26)16-11-15(21)8-9-17(16)27-2/h3-9,11,13H,10,12H2,1-2H3,(H,22,24)(H,23,26)/t13-/m0/s1. The summed E-state index contributed by atoms with van der Waals surface area (Å²) < 4.78 is 10.0. The molecule has 0 aliphatic heterocycles. The highest BCUT2D eigenvalue weighted by Crippen LogP contribution is 2.22. The highest BCUT2D eigenvalue weighted by Gasteiger charge is 2.16. The summed E-state index contributed by atoms with van der Waals surface area (Å²) in [4.78, 5) is 35.8. The van der Waals surface area contributed by atoms with Crippen LogP contribution in [0.5, 0.6) is 5.75 Å². The van der Waals surface area contributed by atoms with E-state index in [-0.39, 0.29) is 17.9 Å². The molecule has 0 aromatic heterocycles. The van der Waals surface area contributed by atoms with E-state index in [4.69, 9.17) is 21.1 Å². The Bertz CT molecular complexity index is 842. The maximum Gasteiger partial charge on any atom is 0.306 e. The average molecular weight is 405 g/mol. The van der Waals surface area contributed by atoms with Gasteiger partial charge in [0.1, 0.15) is 5.75 Å². The van der Waals surface area contributed by atoms with E-state index in [2.05, 4.69) is 10.9 Å². The Kier molecular flexibility index (Phi) is 7.83. The van der Waals surface area contributed by atoms with Crippen LogP contribution in [0.15, 0.2) is 48.5 Å². The van der Waals surface area contributed by atoms with Crippen molar-refractivity contribution in [2.75, 3.05) is 13.7 Å². The molecule has 0 heterocycles. The minimum absolute atomic E-state index is 0.0354. The summed E-state index contributed by atoms with van der Waals surface area (Å²) in [7, 11) is 1.41. The summed E-state index contributed by atoms with van der Waals surface area (Å²) in [5.74, 6) is -1.52. The van der Waals surface area contributed by atoms with Crippen LogP contribution in [-0.4, -0.2) is 31.5 Å². The molecule has 2 aromatic carbocycles. The predicted octanol–water partition coefficient (Wildman–Crippen LogP) is 2.85. The number of methoxy groups -OCH3 is 1. The van der Waals surface area contributed by atoms with Gasteiger partial charge in [0.15, 0.2) is 6.61 Å². The molecule has 1 atom stereocenters. The van der Waals surface area contributed by atoms with Crippen molar-refractivity contribution in [2.24, 2.45) is 0 Å². The van der Waals surface area contributed by atoms with Crippen LogP contribution >= 0.6 is 11.6 Å². The first kappa shape index (κ1) is 21.2. The van der Waals surface area contributed by atoms with Gasteiger partial charge in [-0.1, -0.05) is 48.9 Å². The van der Waals surface area contributed by atoms with Gasteiger partial charge in [-0.2, -0.15) is 0 Å². The van der Waals surface area contributed by atoms with Gasteiger partial charge in [-0.05, 0) is 29.7 Å². The lowest BCUT2D eigenvalue weighted by atomic mass is 9.98. The molecule has 2 N–H and O–H groups in total. The Morgan fingerprint density at radius 2 is 1.79 bits per heavy atom. The third kappa shape index (κ3) is 6.28. The number of benzene rings is 2. The van der Waals surface area contributed by atoms with Crippen molar-refractivity contribution in [3.63, 3.8) is 0 Å². The minimum Gasteiger partial charge on any atom is -0.496 e. The van der Waals surface area contributed by atoms with Gasteiger partial charge in [0, 0.05) is 5.02 Å². The lowest BCUT2D eigenvalue weighted by Gasteiger charge is -2.12. The SMILES string of the molecule is COc1ccc(Cl)cc1C(=O)NNC(=O)COC(=O)C[C@H](C)c1ccccc1. The molecule has 7 nitrogen and oxygen atoms in total. The normalized spacial score (nSPS) is 11.2. The minimum atomic E-state index is -0.671. The summed E-state index contributed by atoms with van der Waals surface area (Å²) in [6, 6.07) is 14.0. The van der Waals surface area contributed by atoms with Crippen molar-refractivity contribution in [2.45, 2.75) is 19.3 Å². The van der Waals surface area contributed by atoms with Crippen LogP contribution < -0.4 is 15.6 Å². The molecule has 8 heteroatoms. The summed E-state index contributed by atoms with van der Waals surface area (Å²) >= 11 is 5.87. The Morgan fingerprint density at radius 1 is 1.07 bits per heavy atom. The second-order valence-electron chi connectivity index (χ2n) is 6.02. The van der Waals surface area contributed by atoms with Gasteiger partial charge in [0.05, 0.1) is 19.1 Å². The van der Waals surface area contributed by atoms with E-state index >= 15 is 0 Å². The zero-order valence-corrected chi connectivity index (χ0v) is 16.3. The van der Waals surface area contributed by atoms with Crippen LogP contribution in [0.2, 0.25) is 5.02 Å². The van der Waals surface area contributed by atoms with E-state index in [0.29, 0.717) is 10.8 Å². The highest BCUT2D eigenvalue weighted by molar-refractivity contribution is 6.31. The molecule has 0 aliphatic carbocycles. The maximum atomic E-state index is 12.1. The van der Waals surface area contributed by atoms with E-state index in [9.17, 15) is 14.4 Å². The molecule has 0 unspecified atom stereocenters. The molecule has 2 rings (SSSR count).